The molecule has 9 heteroatoms. The Kier molecular flexibility index (Phi) is 5.99. The van der Waals surface area contributed by atoms with Crippen molar-refractivity contribution in [3.8, 4) is 0 Å². The molecule has 2 aromatic heterocycles. The quantitative estimate of drug-likeness (QED) is 0.464. The van der Waals surface area contributed by atoms with Crippen molar-refractivity contribution in [3.05, 3.63) is 35.6 Å². The highest BCUT2D eigenvalue weighted by Gasteiger charge is 2.21. The number of halogens is 1. The summed E-state index contributed by atoms with van der Waals surface area (Å²) < 4.78 is 0.936. The maximum Gasteiger partial charge on any atom is 0.234 e. The van der Waals surface area contributed by atoms with Crippen LogP contribution in [0, 0.1) is 5.92 Å². The van der Waals surface area contributed by atoms with Gasteiger partial charge in [-0.05, 0) is 30.9 Å². The van der Waals surface area contributed by atoms with Crippen molar-refractivity contribution in [3.63, 3.8) is 0 Å². The number of anilines is 2. The molecule has 0 radical (unpaired) electrons. The van der Waals surface area contributed by atoms with Gasteiger partial charge < -0.3 is 10.2 Å². The van der Waals surface area contributed by atoms with Crippen LogP contribution < -0.4 is 10.2 Å². The molecule has 3 aromatic rings. The molecule has 1 N–H and O–H groups in total. The second-order valence-corrected chi connectivity index (χ2v) is 9.19. The molecule has 4 rings (SSSR count). The number of para-hydroxylation sites is 1. The molecule has 1 amide bonds. The molecule has 1 atom stereocenters. The van der Waals surface area contributed by atoms with Gasteiger partial charge in [0.1, 0.15) is 16.1 Å². The van der Waals surface area contributed by atoms with Gasteiger partial charge in [0.2, 0.25) is 5.91 Å². The van der Waals surface area contributed by atoms with Gasteiger partial charge in [0.25, 0.3) is 0 Å². The predicted octanol–water partition coefficient (Wildman–Crippen LogP) is 4.71. The lowest BCUT2D eigenvalue weighted by Crippen LogP contribution is -2.34. The molecule has 6 nitrogen and oxygen atoms in total. The molecule has 1 aliphatic heterocycles. The van der Waals surface area contributed by atoms with Gasteiger partial charge in [-0.25, -0.2) is 9.97 Å². The Morgan fingerprint density at radius 1 is 1.39 bits per heavy atom. The lowest BCUT2D eigenvalue weighted by molar-refractivity contribution is -0.113. The second-order valence-electron chi connectivity index (χ2n) is 6.84. The maximum absolute atomic E-state index is 12.3. The molecule has 1 aliphatic rings. The Morgan fingerprint density at radius 2 is 2.25 bits per heavy atom. The topological polar surface area (TPSA) is 71.0 Å². The van der Waals surface area contributed by atoms with Crippen LogP contribution in [0.4, 0.5) is 10.8 Å². The number of nitrogens with zero attached hydrogens (tertiary/aromatic N) is 4. The highest BCUT2D eigenvalue weighted by molar-refractivity contribution is 8.00. The van der Waals surface area contributed by atoms with E-state index in [4.69, 9.17) is 16.6 Å². The van der Waals surface area contributed by atoms with Crippen LogP contribution in [0.25, 0.3) is 10.3 Å². The number of fused-ring (bicyclic) bond motifs is 1. The zero-order chi connectivity index (χ0) is 19.5. The first kappa shape index (κ1) is 19.4. The average molecular weight is 434 g/mol. The molecule has 0 saturated carbocycles. The van der Waals surface area contributed by atoms with E-state index in [0.29, 0.717) is 22.3 Å². The molecule has 1 fully saturated rings. The van der Waals surface area contributed by atoms with E-state index >= 15 is 0 Å². The first-order chi connectivity index (χ1) is 13.6. The van der Waals surface area contributed by atoms with Gasteiger partial charge >= 0.3 is 0 Å². The second kappa shape index (κ2) is 8.63. The Labute approximate surface area is 176 Å². The van der Waals surface area contributed by atoms with E-state index in [-0.39, 0.29) is 11.7 Å². The minimum Gasteiger partial charge on any atom is -0.348 e. The third-order valence-electron chi connectivity index (χ3n) is 4.56. The fourth-order valence-electron chi connectivity index (χ4n) is 3.21. The number of thioether (sulfide) groups is 1. The number of carbonyl (C=O) groups is 1. The van der Waals surface area contributed by atoms with Crippen molar-refractivity contribution in [2.24, 2.45) is 5.92 Å². The average Bonchev–Trinajstić information content (AvgIpc) is 3.13. The first-order valence-corrected chi connectivity index (χ1v) is 11.3. The molecule has 1 unspecified atom stereocenters. The van der Waals surface area contributed by atoms with E-state index in [9.17, 15) is 4.79 Å². The molecule has 0 spiro atoms. The van der Waals surface area contributed by atoms with Crippen LogP contribution in [0.3, 0.4) is 0 Å². The number of rotatable bonds is 5. The van der Waals surface area contributed by atoms with Gasteiger partial charge in [-0.3, -0.25) is 4.79 Å². The van der Waals surface area contributed by atoms with E-state index in [1.165, 1.54) is 30.9 Å². The number of aromatic nitrogens is 3. The summed E-state index contributed by atoms with van der Waals surface area (Å²) in [5.74, 6) is 0.791. The van der Waals surface area contributed by atoms with Crippen LogP contribution in [0.1, 0.15) is 19.8 Å². The normalized spacial score (nSPS) is 17.1. The van der Waals surface area contributed by atoms with Crippen molar-refractivity contribution in [2.75, 3.05) is 29.1 Å². The highest BCUT2D eigenvalue weighted by Crippen LogP contribution is 2.35. The Bertz CT molecular complexity index is 995. The lowest BCUT2D eigenvalue weighted by Gasteiger charge is -2.30. The van der Waals surface area contributed by atoms with E-state index < -0.39 is 0 Å². The standard InChI is InChI=1S/C19H20ClN5OS2/c1-12-5-4-8-25(9-12)19-24-17-16(28-19)18(22-11-21-17)27-10-15(26)23-14-7-3-2-6-13(14)20/h2-3,6-7,11-12H,4-5,8-10H2,1H3,(H,23,26). The number of hydrogen-bond donors (Lipinski definition) is 1. The Balaban J connectivity index is 1.46. The fourth-order valence-corrected chi connectivity index (χ4v) is 5.31. The van der Waals surface area contributed by atoms with Crippen molar-refractivity contribution >= 4 is 61.8 Å². The number of nitrogens with one attached hydrogen (secondary N) is 1. The van der Waals surface area contributed by atoms with Crippen molar-refractivity contribution < 1.29 is 4.79 Å². The van der Waals surface area contributed by atoms with Crippen LogP contribution in [0.5, 0.6) is 0 Å². The molecule has 1 aromatic carbocycles. The summed E-state index contributed by atoms with van der Waals surface area (Å²) in [6.45, 7) is 4.33. The molecule has 1 saturated heterocycles. The number of carbonyl (C=O) groups excluding carboxylic acids is 1. The largest absolute Gasteiger partial charge is 0.348 e. The van der Waals surface area contributed by atoms with Crippen molar-refractivity contribution in [1.29, 1.82) is 0 Å². The number of benzene rings is 1. The van der Waals surface area contributed by atoms with E-state index in [0.717, 1.165) is 27.9 Å². The smallest absolute Gasteiger partial charge is 0.234 e. The first-order valence-electron chi connectivity index (χ1n) is 9.14. The monoisotopic (exact) mass is 433 g/mol. The minimum absolute atomic E-state index is 0.126. The number of thiazole rings is 1. The summed E-state index contributed by atoms with van der Waals surface area (Å²) in [6, 6.07) is 7.19. The van der Waals surface area contributed by atoms with Crippen LogP contribution in [0.2, 0.25) is 5.02 Å². The van der Waals surface area contributed by atoms with E-state index in [1.807, 2.05) is 12.1 Å². The van der Waals surface area contributed by atoms with Gasteiger partial charge in [0.05, 0.1) is 16.5 Å². The SMILES string of the molecule is CC1CCCN(c2nc3ncnc(SCC(=O)Nc4ccccc4Cl)c3s2)C1. The molecule has 3 heterocycles. The number of piperidine rings is 1. The third kappa shape index (κ3) is 4.39. The van der Waals surface area contributed by atoms with E-state index in [1.54, 1.807) is 23.5 Å². The summed E-state index contributed by atoms with van der Waals surface area (Å²) in [7, 11) is 0. The van der Waals surface area contributed by atoms with Crippen LogP contribution in [-0.4, -0.2) is 39.7 Å². The molecule has 0 bridgehead atoms. The molecule has 0 aliphatic carbocycles. The summed E-state index contributed by atoms with van der Waals surface area (Å²) in [5.41, 5.74) is 1.31. The van der Waals surface area contributed by atoms with Crippen molar-refractivity contribution in [2.45, 2.75) is 24.8 Å². The Hall–Kier alpha value is -1.90. The van der Waals surface area contributed by atoms with Crippen LogP contribution in [-0.2, 0) is 4.79 Å². The summed E-state index contributed by atoms with van der Waals surface area (Å²) >= 11 is 9.09. The Morgan fingerprint density at radius 3 is 3.07 bits per heavy atom. The van der Waals surface area contributed by atoms with Gasteiger partial charge in [-0.15, -0.1) is 0 Å². The lowest BCUT2D eigenvalue weighted by atomic mass is 10.0. The van der Waals surface area contributed by atoms with E-state index in [2.05, 4.69) is 27.1 Å². The van der Waals surface area contributed by atoms with Gasteiger partial charge in [-0.1, -0.05) is 53.8 Å². The van der Waals surface area contributed by atoms with Crippen LogP contribution >= 0.6 is 34.7 Å². The molecular weight excluding hydrogens is 414 g/mol. The molecule has 146 valence electrons. The summed E-state index contributed by atoms with van der Waals surface area (Å²) in [5, 5.41) is 5.13. The summed E-state index contributed by atoms with van der Waals surface area (Å²) in [4.78, 5) is 28.0. The van der Waals surface area contributed by atoms with Crippen molar-refractivity contribution in [1.82, 2.24) is 15.0 Å². The molecular formula is C19H20ClN5OS2. The molecule has 28 heavy (non-hydrogen) atoms. The fraction of sp³-hybridized carbons (Fsp3) is 0.368. The number of amides is 1. The van der Waals surface area contributed by atoms with Gasteiger partial charge in [-0.2, -0.15) is 4.98 Å². The van der Waals surface area contributed by atoms with Crippen LogP contribution in [0.15, 0.2) is 35.6 Å². The van der Waals surface area contributed by atoms with Gasteiger partial charge in [0.15, 0.2) is 10.8 Å². The van der Waals surface area contributed by atoms with Gasteiger partial charge in [0, 0.05) is 13.1 Å². The third-order valence-corrected chi connectivity index (χ3v) is 7.12. The zero-order valence-corrected chi connectivity index (χ0v) is 17.8. The highest BCUT2D eigenvalue weighted by atomic mass is 35.5. The zero-order valence-electron chi connectivity index (χ0n) is 15.4. The number of hydrogen-bond acceptors (Lipinski definition) is 7. The minimum atomic E-state index is -0.126. The maximum atomic E-state index is 12.3. The predicted molar refractivity (Wildman–Crippen MR) is 117 cm³/mol. The summed E-state index contributed by atoms with van der Waals surface area (Å²) in [6.07, 6.45) is 3.97.